The third kappa shape index (κ3) is 13.4. The maximum atomic E-state index is 7.77. The van der Waals surface area contributed by atoms with E-state index in [4.69, 9.17) is 21.8 Å². The van der Waals surface area contributed by atoms with Crippen LogP contribution in [-0.4, -0.2) is 0 Å². The molecular weight excluding hydrogens is 1510 g/mol. The predicted octanol–water partition coefficient (Wildman–Crippen LogP) is 29.0. The number of pyridine rings is 4. The number of nitrogens with zero attached hydrogens (tertiary/aromatic N) is 4. The standard InChI is InChI=1S/C31H26NO.2C30H24NO.C25H22NO/c1-19-16-20(2)29-30-24-13-9-8-12-23(24)14-15-27(30)33-31(29)28(19)26-17-25(21(3)18-32(26)4)22-10-6-5-7-11-22;1-19-13-15-24-29-23-12-8-7-11-22(23)14-16-27(29)32-30(24)28(19)26-17-25(20(2)18-31(26)3)21-9-5-4-6-10-21;1-19-13-14-25-29-24-12-8-7-11-23(24)20(2)17-27(29)32-30(25)28(19)26-18-22(15-16-31(26)3)21-9-5-4-6-10-21;1-15-13-23(26(4)14-16(15)2)19-11-12-21-22-10-9-18-7-5-6-8-20(18)25(22)27-24(21)17(19)3/h5-18H,1-4H3;2*4-18H,1-3H3;5-14H,1-4H3/q4*+1/i;;;2D3. The van der Waals surface area contributed by atoms with Crippen molar-refractivity contribution in [3.8, 4) is 78.4 Å². The van der Waals surface area contributed by atoms with Gasteiger partial charge in [0.2, 0.25) is 22.8 Å². The molecule has 0 spiro atoms. The Balaban J connectivity index is 0.000000107. The van der Waals surface area contributed by atoms with Crippen LogP contribution >= 0.6 is 0 Å². The van der Waals surface area contributed by atoms with Crippen LogP contribution in [0.2, 0.25) is 0 Å². The minimum atomic E-state index is -2.13. The highest BCUT2D eigenvalue weighted by atomic mass is 16.3. The summed E-state index contributed by atoms with van der Waals surface area (Å²) in [6.45, 7) is 17.0. The van der Waals surface area contributed by atoms with E-state index in [-0.39, 0.29) is 0 Å². The fraction of sp³-hybridized carbons (Fsp3) is 0.121. The molecule has 0 amide bonds. The van der Waals surface area contributed by atoms with E-state index in [1.54, 1.807) is 6.20 Å². The number of hydrogen-bond acceptors (Lipinski definition) is 4. The van der Waals surface area contributed by atoms with Gasteiger partial charge >= 0.3 is 0 Å². The van der Waals surface area contributed by atoms with Crippen LogP contribution in [0.4, 0.5) is 0 Å². The average molecular weight is 1610 g/mol. The molecule has 0 aliphatic rings. The van der Waals surface area contributed by atoms with Crippen LogP contribution in [-0.2, 0) is 28.2 Å². The van der Waals surface area contributed by atoms with Gasteiger partial charge in [-0.2, -0.15) is 0 Å². The summed E-state index contributed by atoms with van der Waals surface area (Å²) in [5, 5.41) is 19.1. The lowest BCUT2D eigenvalue weighted by Gasteiger charge is -2.11. The van der Waals surface area contributed by atoms with Crippen molar-refractivity contribution in [2.24, 2.45) is 28.2 Å². The topological polar surface area (TPSA) is 68.1 Å². The van der Waals surface area contributed by atoms with Crippen molar-refractivity contribution < 1.29 is 40.0 Å². The molecule has 0 atom stereocenters. The average Bonchev–Trinajstić information content (AvgIpc) is 1.61. The lowest BCUT2D eigenvalue weighted by molar-refractivity contribution is -0.660. The van der Waals surface area contributed by atoms with E-state index in [2.05, 4.69) is 394 Å². The normalized spacial score (nSPS) is 12.1. The van der Waals surface area contributed by atoms with Gasteiger partial charge in [0.25, 0.3) is 0 Å². The highest BCUT2D eigenvalue weighted by Gasteiger charge is 2.29. The van der Waals surface area contributed by atoms with E-state index in [0.717, 1.165) is 122 Å². The van der Waals surface area contributed by atoms with E-state index >= 15 is 0 Å². The Morgan fingerprint density at radius 3 is 1.27 bits per heavy atom. The van der Waals surface area contributed by atoms with Gasteiger partial charge in [0, 0.05) is 105 Å². The van der Waals surface area contributed by atoms with Crippen LogP contribution in [0, 0.1) is 69.2 Å². The monoisotopic (exact) mass is 1610 g/mol. The van der Waals surface area contributed by atoms with Gasteiger partial charge < -0.3 is 17.7 Å². The molecule has 600 valence electrons. The first kappa shape index (κ1) is 74.2. The molecule has 0 aliphatic carbocycles. The van der Waals surface area contributed by atoms with Gasteiger partial charge in [-0.1, -0.05) is 237 Å². The quantitative estimate of drug-likeness (QED) is 0.149. The maximum absolute atomic E-state index is 7.77. The van der Waals surface area contributed by atoms with Crippen molar-refractivity contribution in [2.75, 3.05) is 0 Å². The van der Waals surface area contributed by atoms with Gasteiger partial charge in [0.1, 0.15) is 72.9 Å². The largest absolute Gasteiger partial charge is 0.455 e. The predicted molar refractivity (Wildman–Crippen MR) is 515 cm³/mol. The molecule has 8 aromatic heterocycles. The lowest BCUT2D eigenvalue weighted by atomic mass is 9.93. The van der Waals surface area contributed by atoms with Gasteiger partial charge in [-0.3, -0.25) is 0 Å². The molecular formula is C116H96N4O4+4. The number of benzene rings is 15. The van der Waals surface area contributed by atoms with Crippen molar-refractivity contribution in [1.29, 1.82) is 0 Å². The van der Waals surface area contributed by atoms with E-state index in [1.807, 2.05) is 36.7 Å². The van der Waals surface area contributed by atoms with Crippen LogP contribution in [0.15, 0.2) is 346 Å². The Bertz CT molecular complexity index is 8400. The molecule has 15 aromatic carbocycles. The fourth-order valence-corrected chi connectivity index (χ4v) is 19.3. The van der Waals surface area contributed by atoms with Crippen LogP contribution < -0.4 is 18.3 Å². The molecule has 0 N–H and O–H groups in total. The minimum absolute atomic E-state index is 0.377. The molecule has 0 unspecified atom stereocenters. The van der Waals surface area contributed by atoms with Gasteiger partial charge in [0.05, 0.1) is 22.3 Å². The van der Waals surface area contributed by atoms with Crippen molar-refractivity contribution >= 4 is 131 Å². The number of furan rings is 4. The van der Waals surface area contributed by atoms with Crippen molar-refractivity contribution in [3.05, 3.63) is 384 Å². The molecule has 0 saturated carbocycles. The Morgan fingerprint density at radius 2 is 0.669 bits per heavy atom. The molecule has 0 bridgehead atoms. The summed E-state index contributed by atoms with van der Waals surface area (Å²) in [4.78, 5) is 0. The Hall–Kier alpha value is -14.9. The highest BCUT2D eigenvalue weighted by Crippen LogP contribution is 2.47. The van der Waals surface area contributed by atoms with Gasteiger partial charge in [-0.05, 0) is 210 Å². The summed E-state index contributed by atoms with van der Waals surface area (Å²) >= 11 is 0. The van der Waals surface area contributed by atoms with E-state index < -0.39 is 6.85 Å². The Morgan fingerprint density at radius 1 is 0.226 bits per heavy atom. The van der Waals surface area contributed by atoms with Crippen LogP contribution in [0.3, 0.4) is 0 Å². The zero-order chi connectivity index (χ0) is 87.5. The van der Waals surface area contributed by atoms with Crippen LogP contribution in [0.5, 0.6) is 0 Å². The number of rotatable bonds is 7. The summed E-state index contributed by atoms with van der Waals surface area (Å²) < 4.78 is 58.0. The highest BCUT2D eigenvalue weighted by molar-refractivity contribution is 6.24. The maximum Gasteiger partial charge on any atom is 0.216 e. The Labute approximate surface area is 725 Å². The SMILES string of the molecule is Cc1c[n+](C)c(-c2c(C)cc(C)c3c2oc2ccc4ccccc4c23)cc1-c1ccccc1.Cc1c[n+](C)c(-c2c(C)ccc3c2oc2ccc4ccccc4c23)cc1-c1ccccc1.Cc1ccc2c(oc3cc(C)c4ccccc4c32)c1-c1cc(-c2ccccc2)cc[n+]1C.[2H]C([2H])([2H])c1c[n+](C)c(-c2ccc3c(oc4c5ccccc5ccc34)c2C)cc1C. The van der Waals surface area contributed by atoms with E-state index in [1.165, 1.54) is 137 Å². The van der Waals surface area contributed by atoms with Gasteiger partial charge in [-0.15, -0.1) is 0 Å². The summed E-state index contributed by atoms with van der Waals surface area (Å²) in [7, 11) is 8.23. The first-order chi connectivity index (χ1) is 61.5. The molecule has 23 aromatic rings. The molecule has 8 heteroatoms. The molecule has 124 heavy (non-hydrogen) atoms. The molecule has 8 nitrogen and oxygen atoms in total. The Kier molecular flexibility index (Phi) is 18.7. The van der Waals surface area contributed by atoms with Crippen LogP contribution in [0.25, 0.3) is 209 Å². The molecule has 0 aliphatic heterocycles. The molecule has 8 heterocycles. The van der Waals surface area contributed by atoms with Crippen molar-refractivity contribution in [1.82, 2.24) is 0 Å². The fourth-order valence-electron chi connectivity index (χ4n) is 19.3. The van der Waals surface area contributed by atoms with E-state index in [9.17, 15) is 0 Å². The third-order valence-electron chi connectivity index (χ3n) is 25.5. The van der Waals surface area contributed by atoms with E-state index in [0.29, 0.717) is 5.56 Å². The van der Waals surface area contributed by atoms with Gasteiger partial charge in [-0.25, -0.2) is 18.3 Å². The van der Waals surface area contributed by atoms with Crippen LogP contribution in [0.1, 0.15) is 59.7 Å². The second kappa shape index (κ2) is 31.3. The van der Waals surface area contributed by atoms with Gasteiger partial charge in [0.15, 0.2) is 24.8 Å². The molecule has 0 fully saturated rings. The second-order valence-corrected chi connectivity index (χ2v) is 33.6. The zero-order valence-corrected chi connectivity index (χ0v) is 72.1. The zero-order valence-electron chi connectivity index (χ0n) is 75.1. The first-order valence-electron chi connectivity index (χ1n) is 44.1. The summed E-state index contributed by atoms with van der Waals surface area (Å²) in [5.41, 5.74) is 34.6. The van der Waals surface area contributed by atoms with Crippen molar-refractivity contribution in [2.45, 2.75) is 69.2 Å². The molecule has 0 saturated heterocycles. The number of hydrogen-bond donors (Lipinski definition) is 0. The van der Waals surface area contributed by atoms with Crippen molar-refractivity contribution in [3.63, 3.8) is 0 Å². The third-order valence-corrected chi connectivity index (χ3v) is 25.5. The lowest BCUT2D eigenvalue weighted by Crippen LogP contribution is -2.31. The number of fused-ring (bicyclic) bond motifs is 20. The summed E-state index contributed by atoms with van der Waals surface area (Å²) in [5.74, 6) is 0. The number of aryl methyl sites for hydroxylation is 14. The molecule has 23 rings (SSSR count). The minimum Gasteiger partial charge on any atom is -0.455 e. The smallest absolute Gasteiger partial charge is 0.216 e. The summed E-state index contributed by atoms with van der Waals surface area (Å²) in [6.07, 6.45) is 8.29. The molecule has 0 radical (unpaired) electrons. The first-order valence-corrected chi connectivity index (χ1v) is 42.6. The summed E-state index contributed by atoms with van der Waals surface area (Å²) in [6, 6.07) is 107. The number of aromatic nitrogens is 4. The second-order valence-electron chi connectivity index (χ2n) is 33.6.